The summed E-state index contributed by atoms with van der Waals surface area (Å²) in [6, 6.07) is 15.6. The average molecular weight is 306 g/mol. The summed E-state index contributed by atoms with van der Waals surface area (Å²) in [5.41, 5.74) is 2.77. The van der Waals surface area contributed by atoms with Gasteiger partial charge in [0.05, 0.1) is 18.5 Å². The molecule has 1 N–H and O–H groups in total. The van der Waals surface area contributed by atoms with E-state index in [0.29, 0.717) is 12.4 Å². The van der Waals surface area contributed by atoms with Crippen molar-refractivity contribution in [3.63, 3.8) is 0 Å². The topological polar surface area (TPSA) is 59.9 Å². The van der Waals surface area contributed by atoms with Crippen LogP contribution in [0.1, 0.15) is 11.4 Å². The van der Waals surface area contributed by atoms with Gasteiger partial charge < -0.3 is 10.1 Å². The molecule has 116 valence electrons. The van der Waals surface area contributed by atoms with Crippen LogP contribution in [0.4, 0.5) is 5.82 Å². The molecule has 2 heterocycles. The normalized spacial score (nSPS) is 10.3. The maximum atomic E-state index is 5.24. The third-order valence-electron chi connectivity index (χ3n) is 3.37. The Labute approximate surface area is 135 Å². The molecule has 3 rings (SSSR count). The first-order valence-corrected chi connectivity index (χ1v) is 7.38. The Morgan fingerprint density at radius 2 is 1.91 bits per heavy atom. The molecule has 0 saturated carbocycles. The Balaban J connectivity index is 1.79. The summed E-state index contributed by atoms with van der Waals surface area (Å²) in [5.74, 6) is 2.33. The van der Waals surface area contributed by atoms with Crippen LogP contribution in [-0.2, 0) is 6.54 Å². The fourth-order valence-electron chi connectivity index (χ4n) is 2.28. The Morgan fingerprint density at radius 3 is 2.70 bits per heavy atom. The molecule has 0 fully saturated rings. The number of benzene rings is 1. The van der Waals surface area contributed by atoms with Gasteiger partial charge in [0.15, 0.2) is 0 Å². The van der Waals surface area contributed by atoms with Crippen LogP contribution in [0.2, 0.25) is 0 Å². The fourth-order valence-corrected chi connectivity index (χ4v) is 2.28. The van der Waals surface area contributed by atoms with Crippen molar-refractivity contribution in [1.29, 1.82) is 0 Å². The number of aryl methyl sites for hydroxylation is 1. The van der Waals surface area contributed by atoms with Crippen molar-refractivity contribution in [2.75, 3.05) is 12.4 Å². The van der Waals surface area contributed by atoms with Crippen molar-refractivity contribution in [2.24, 2.45) is 0 Å². The molecule has 0 saturated heterocycles. The number of methoxy groups -OCH3 is 1. The van der Waals surface area contributed by atoms with Crippen LogP contribution in [0.15, 0.2) is 54.7 Å². The summed E-state index contributed by atoms with van der Waals surface area (Å²) in [4.78, 5) is 13.2. The van der Waals surface area contributed by atoms with E-state index in [9.17, 15) is 0 Å². The summed E-state index contributed by atoms with van der Waals surface area (Å²) in [6.45, 7) is 2.54. The molecule has 0 atom stereocenters. The van der Waals surface area contributed by atoms with Crippen LogP contribution in [0.25, 0.3) is 11.4 Å². The van der Waals surface area contributed by atoms with Gasteiger partial charge in [-0.15, -0.1) is 0 Å². The molecule has 0 unspecified atom stereocenters. The van der Waals surface area contributed by atoms with Crippen LogP contribution in [0.5, 0.6) is 5.75 Å². The largest absolute Gasteiger partial charge is 0.497 e. The number of hydrogen-bond acceptors (Lipinski definition) is 5. The molecule has 0 radical (unpaired) electrons. The average Bonchev–Trinajstić information content (AvgIpc) is 2.60. The van der Waals surface area contributed by atoms with E-state index in [-0.39, 0.29) is 0 Å². The predicted molar refractivity (Wildman–Crippen MR) is 90.3 cm³/mol. The van der Waals surface area contributed by atoms with Crippen molar-refractivity contribution in [3.05, 3.63) is 66.1 Å². The first-order chi connectivity index (χ1) is 11.2. The number of aromatic nitrogens is 3. The Hall–Kier alpha value is -2.95. The minimum absolute atomic E-state index is 0.662. The van der Waals surface area contributed by atoms with Crippen LogP contribution < -0.4 is 10.1 Å². The number of rotatable bonds is 5. The maximum Gasteiger partial charge on any atom is 0.130 e. The molecule has 23 heavy (non-hydrogen) atoms. The van der Waals surface area contributed by atoms with Gasteiger partial charge in [-0.05, 0) is 36.8 Å². The maximum absolute atomic E-state index is 5.24. The van der Waals surface area contributed by atoms with E-state index in [4.69, 9.17) is 4.74 Å². The van der Waals surface area contributed by atoms with Gasteiger partial charge in [-0.2, -0.15) is 0 Å². The summed E-state index contributed by atoms with van der Waals surface area (Å²) < 4.78 is 5.24. The number of anilines is 1. The number of nitrogens with one attached hydrogen (secondary N) is 1. The van der Waals surface area contributed by atoms with Gasteiger partial charge >= 0.3 is 0 Å². The zero-order chi connectivity index (χ0) is 16.1. The molecule has 0 aliphatic heterocycles. The highest BCUT2D eigenvalue weighted by Gasteiger charge is 2.05. The van der Waals surface area contributed by atoms with Gasteiger partial charge in [-0.25, -0.2) is 9.97 Å². The molecule has 5 nitrogen and oxygen atoms in total. The molecular weight excluding hydrogens is 288 g/mol. The molecule has 2 aromatic heterocycles. The van der Waals surface area contributed by atoms with Gasteiger partial charge in [0.25, 0.3) is 0 Å². The number of nitrogens with zero attached hydrogens (tertiary/aromatic N) is 3. The standard InChI is InChI=1S/C18H18N4O/c1-13-21-17(16-8-3-4-9-19-16)11-18(22-13)20-12-14-6-5-7-15(10-14)23-2/h3-11H,12H2,1-2H3,(H,20,21,22). The van der Waals surface area contributed by atoms with E-state index < -0.39 is 0 Å². The van der Waals surface area contributed by atoms with Crippen molar-refractivity contribution >= 4 is 5.82 Å². The van der Waals surface area contributed by atoms with E-state index in [0.717, 1.165) is 28.5 Å². The number of hydrogen-bond donors (Lipinski definition) is 1. The second kappa shape index (κ2) is 6.87. The van der Waals surface area contributed by atoms with Gasteiger partial charge in [-0.1, -0.05) is 18.2 Å². The van der Waals surface area contributed by atoms with Crippen LogP contribution in [-0.4, -0.2) is 22.1 Å². The zero-order valence-corrected chi connectivity index (χ0v) is 13.2. The van der Waals surface area contributed by atoms with Crippen LogP contribution >= 0.6 is 0 Å². The summed E-state index contributed by atoms with van der Waals surface area (Å²) in [6.07, 6.45) is 1.76. The van der Waals surface area contributed by atoms with E-state index in [2.05, 4.69) is 20.3 Å². The highest BCUT2D eigenvalue weighted by atomic mass is 16.5. The first kappa shape index (κ1) is 15.0. The molecule has 0 aliphatic carbocycles. The number of pyridine rings is 1. The lowest BCUT2D eigenvalue weighted by Gasteiger charge is -2.09. The Bertz CT molecular complexity index is 790. The van der Waals surface area contributed by atoms with E-state index in [1.54, 1.807) is 13.3 Å². The summed E-state index contributed by atoms with van der Waals surface area (Å²) in [5, 5.41) is 3.33. The molecule has 0 bridgehead atoms. The van der Waals surface area contributed by atoms with Gasteiger partial charge in [0.2, 0.25) is 0 Å². The second-order valence-electron chi connectivity index (χ2n) is 5.11. The lowest BCUT2D eigenvalue weighted by molar-refractivity contribution is 0.414. The molecule has 1 aromatic carbocycles. The summed E-state index contributed by atoms with van der Waals surface area (Å²) in [7, 11) is 1.67. The van der Waals surface area contributed by atoms with Gasteiger partial charge in [0, 0.05) is 18.8 Å². The fraction of sp³-hybridized carbons (Fsp3) is 0.167. The Morgan fingerprint density at radius 1 is 1.00 bits per heavy atom. The lowest BCUT2D eigenvalue weighted by Crippen LogP contribution is -2.04. The number of ether oxygens (including phenoxy) is 1. The van der Waals surface area contributed by atoms with Crippen molar-refractivity contribution in [3.8, 4) is 17.1 Å². The van der Waals surface area contributed by atoms with E-state index in [1.165, 1.54) is 0 Å². The van der Waals surface area contributed by atoms with E-state index >= 15 is 0 Å². The van der Waals surface area contributed by atoms with Crippen LogP contribution in [0.3, 0.4) is 0 Å². The van der Waals surface area contributed by atoms with Gasteiger partial charge in [0.1, 0.15) is 17.4 Å². The SMILES string of the molecule is COc1cccc(CNc2cc(-c3ccccn3)nc(C)n2)c1. The minimum atomic E-state index is 0.662. The third kappa shape index (κ3) is 3.83. The molecule has 0 amide bonds. The zero-order valence-electron chi connectivity index (χ0n) is 13.2. The van der Waals surface area contributed by atoms with E-state index in [1.807, 2.05) is 55.5 Å². The first-order valence-electron chi connectivity index (χ1n) is 7.38. The molecule has 0 spiro atoms. The molecule has 5 heteroatoms. The monoisotopic (exact) mass is 306 g/mol. The molecule has 0 aliphatic rings. The second-order valence-corrected chi connectivity index (χ2v) is 5.11. The quantitative estimate of drug-likeness (QED) is 0.782. The van der Waals surface area contributed by atoms with Gasteiger partial charge in [-0.3, -0.25) is 4.98 Å². The van der Waals surface area contributed by atoms with Crippen molar-refractivity contribution in [1.82, 2.24) is 15.0 Å². The summed E-state index contributed by atoms with van der Waals surface area (Å²) >= 11 is 0. The van der Waals surface area contributed by atoms with Crippen LogP contribution in [0, 0.1) is 6.92 Å². The Kier molecular flexibility index (Phi) is 4.47. The predicted octanol–water partition coefficient (Wildman–Crippen LogP) is 3.47. The highest BCUT2D eigenvalue weighted by Crippen LogP contribution is 2.18. The molecule has 3 aromatic rings. The van der Waals surface area contributed by atoms with Crippen molar-refractivity contribution in [2.45, 2.75) is 13.5 Å². The van der Waals surface area contributed by atoms with Crippen molar-refractivity contribution < 1.29 is 4.74 Å². The minimum Gasteiger partial charge on any atom is -0.497 e. The lowest BCUT2D eigenvalue weighted by atomic mass is 10.2. The smallest absolute Gasteiger partial charge is 0.130 e. The highest BCUT2D eigenvalue weighted by molar-refractivity contribution is 5.58. The molecular formula is C18H18N4O. The third-order valence-corrected chi connectivity index (χ3v) is 3.37.